The molecule has 7 heteroatoms. The Hall–Kier alpha value is -2.99. The van der Waals surface area contributed by atoms with Crippen LogP contribution >= 0.6 is 11.6 Å². The number of anilines is 2. The van der Waals surface area contributed by atoms with Gasteiger partial charge in [0.05, 0.1) is 5.69 Å². The largest absolute Gasteiger partial charge is 0.340 e. The van der Waals surface area contributed by atoms with Gasteiger partial charge >= 0.3 is 0 Å². The van der Waals surface area contributed by atoms with Gasteiger partial charge in [-0.2, -0.15) is 9.50 Å². The summed E-state index contributed by atoms with van der Waals surface area (Å²) in [6, 6.07) is 12.8. The number of rotatable bonds is 4. The first kappa shape index (κ1) is 18.1. The predicted octanol–water partition coefficient (Wildman–Crippen LogP) is 5.05. The van der Waals surface area contributed by atoms with E-state index in [1.54, 1.807) is 17.5 Å². The quantitative estimate of drug-likeness (QED) is 0.514. The highest BCUT2D eigenvalue weighted by Crippen LogP contribution is 2.31. The minimum Gasteiger partial charge on any atom is -0.340 e. The Bertz CT molecular complexity index is 1220. The van der Waals surface area contributed by atoms with Gasteiger partial charge in [0.2, 0.25) is 0 Å². The molecule has 0 spiro atoms. The van der Waals surface area contributed by atoms with Crippen molar-refractivity contribution < 1.29 is 4.39 Å². The normalized spacial score (nSPS) is 13.1. The summed E-state index contributed by atoms with van der Waals surface area (Å²) in [6.07, 6.45) is 3.47. The molecule has 0 bridgehead atoms. The molecule has 5 nitrogen and oxygen atoms in total. The Labute approximate surface area is 172 Å². The zero-order valence-electron chi connectivity index (χ0n) is 15.9. The fraction of sp³-hybridized carbons (Fsp3) is 0.227. The molecule has 1 aliphatic rings. The lowest BCUT2D eigenvalue weighted by molar-refractivity contribution is 0.619. The van der Waals surface area contributed by atoms with Gasteiger partial charge in [0.15, 0.2) is 5.82 Å². The number of hydrogen-bond donors (Lipinski definition) is 1. The van der Waals surface area contributed by atoms with Crippen molar-refractivity contribution in [2.24, 2.45) is 0 Å². The highest BCUT2D eigenvalue weighted by atomic mass is 35.5. The van der Waals surface area contributed by atoms with Gasteiger partial charge in [-0.1, -0.05) is 29.8 Å². The molecule has 2 heterocycles. The molecule has 5 rings (SSSR count). The van der Waals surface area contributed by atoms with Gasteiger partial charge in [-0.15, -0.1) is 5.10 Å². The average Bonchev–Trinajstić information content (AvgIpc) is 3.33. The van der Waals surface area contributed by atoms with Crippen molar-refractivity contribution in [1.82, 2.24) is 19.6 Å². The van der Waals surface area contributed by atoms with Crippen LogP contribution in [0.5, 0.6) is 0 Å². The molecule has 0 saturated heterocycles. The third-order valence-electron chi connectivity index (χ3n) is 5.27. The van der Waals surface area contributed by atoms with Crippen LogP contribution in [0.3, 0.4) is 0 Å². The van der Waals surface area contributed by atoms with Gasteiger partial charge in [0.25, 0.3) is 5.78 Å². The molecule has 2 aromatic heterocycles. The summed E-state index contributed by atoms with van der Waals surface area (Å²) in [7, 11) is 0. The summed E-state index contributed by atoms with van der Waals surface area (Å²) in [5.41, 5.74) is 4.54. The molecule has 29 heavy (non-hydrogen) atoms. The molecule has 0 unspecified atom stereocenters. The Morgan fingerprint density at radius 3 is 2.72 bits per heavy atom. The number of nitrogens with one attached hydrogen (secondary N) is 1. The molecule has 4 aromatic rings. The molecule has 0 saturated carbocycles. The van der Waals surface area contributed by atoms with E-state index in [0.717, 1.165) is 41.9 Å². The van der Waals surface area contributed by atoms with E-state index in [9.17, 15) is 4.39 Å². The molecule has 1 N–H and O–H groups in total. The van der Waals surface area contributed by atoms with Gasteiger partial charge in [-0.05, 0) is 61.6 Å². The third kappa shape index (κ3) is 3.44. The maximum absolute atomic E-state index is 14.0. The lowest BCUT2D eigenvalue weighted by Crippen LogP contribution is -2.07. The molecule has 0 radical (unpaired) electrons. The number of halogens is 2. The first-order valence-corrected chi connectivity index (χ1v) is 9.99. The minimum atomic E-state index is -0.237. The summed E-state index contributed by atoms with van der Waals surface area (Å²) in [6.45, 7) is 1.75. The monoisotopic (exact) mass is 407 g/mol. The summed E-state index contributed by atoms with van der Waals surface area (Å²) < 4.78 is 15.8. The van der Waals surface area contributed by atoms with E-state index in [1.807, 2.05) is 30.3 Å². The molecule has 2 aromatic carbocycles. The van der Waals surface area contributed by atoms with Gasteiger partial charge in [-0.3, -0.25) is 0 Å². The second kappa shape index (κ2) is 7.12. The van der Waals surface area contributed by atoms with Crippen LogP contribution in [-0.4, -0.2) is 19.6 Å². The zero-order chi connectivity index (χ0) is 20.0. The highest BCUT2D eigenvalue weighted by molar-refractivity contribution is 6.30. The standard InChI is InChI=1S/C22H19ClFN5/c1-13-5-10-16(12-18(13)24)25-21-17-3-2-4-19(17)26-22-27-20(28-29(21)22)11-14-6-8-15(23)9-7-14/h5-10,12,25H,2-4,11H2,1H3. The lowest BCUT2D eigenvalue weighted by atomic mass is 10.1. The summed E-state index contributed by atoms with van der Waals surface area (Å²) in [5, 5.41) is 8.76. The fourth-order valence-electron chi connectivity index (χ4n) is 3.72. The second-order valence-corrected chi connectivity index (χ2v) is 7.81. The van der Waals surface area contributed by atoms with Crippen LogP contribution in [0.2, 0.25) is 5.02 Å². The van der Waals surface area contributed by atoms with Crippen molar-refractivity contribution in [1.29, 1.82) is 0 Å². The average molecular weight is 408 g/mol. The molecule has 0 atom stereocenters. The molecular formula is C22H19ClFN5. The van der Waals surface area contributed by atoms with Crippen LogP contribution in [0.1, 0.15) is 34.6 Å². The highest BCUT2D eigenvalue weighted by Gasteiger charge is 2.22. The molecule has 0 aliphatic heterocycles. The second-order valence-electron chi connectivity index (χ2n) is 7.37. The van der Waals surface area contributed by atoms with Crippen LogP contribution in [0.4, 0.5) is 15.9 Å². The molecule has 1 aliphatic carbocycles. The van der Waals surface area contributed by atoms with E-state index < -0.39 is 0 Å². The van der Waals surface area contributed by atoms with Crippen molar-refractivity contribution in [2.75, 3.05) is 5.32 Å². The fourth-order valence-corrected chi connectivity index (χ4v) is 3.84. The predicted molar refractivity (Wildman–Crippen MR) is 111 cm³/mol. The Morgan fingerprint density at radius 1 is 1.10 bits per heavy atom. The Balaban J connectivity index is 1.56. The maximum atomic E-state index is 14.0. The smallest absolute Gasteiger partial charge is 0.254 e. The van der Waals surface area contributed by atoms with Crippen LogP contribution in [0.25, 0.3) is 5.78 Å². The van der Waals surface area contributed by atoms with Crippen LogP contribution in [-0.2, 0) is 19.3 Å². The van der Waals surface area contributed by atoms with Gasteiger partial charge in [-0.25, -0.2) is 9.37 Å². The van der Waals surface area contributed by atoms with Gasteiger partial charge in [0.1, 0.15) is 11.6 Å². The Morgan fingerprint density at radius 2 is 1.93 bits per heavy atom. The lowest BCUT2D eigenvalue weighted by Gasteiger charge is -2.13. The maximum Gasteiger partial charge on any atom is 0.254 e. The molecular weight excluding hydrogens is 389 g/mol. The van der Waals surface area contributed by atoms with E-state index >= 15 is 0 Å². The minimum absolute atomic E-state index is 0.237. The summed E-state index contributed by atoms with van der Waals surface area (Å²) in [5.74, 6) is 1.82. The third-order valence-corrected chi connectivity index (χ3v) is 5.52. The van der Waals surface area contributed by atoms with Crippen LogP contribution < -0.4 is 5.32 Å². The van der Waals surface area contributed by atoms with Crippen molar-refractivity contribution in [3.8, 4) is 0 Å². The van der Waals surface area contributed by atoms with E-state index in [2.05, 4.69) is 10.3 Å². The number of aromatic nitrogens is 4. The number of fused-ring (bicyclic) bond motifs is 2. The van der Waals surface area contributed by atoms with E-state index in [1.165, 1.54) is 6.07 Å². The molecule has 0 amide bonds. The van der Waals surface area contributed by atoms with Crippen molar-refractivity contribution in [2.45, 2.75) is 32.6 Å². The van der Waals surface area contributed by atoms with Crippen molar-refractivity contribution in [3.05, 3.63) is 81.5 Å². The van der Waals surface area contributed by atoms with Crippen LogP contribution in [0.15, 0.2) is 42.5 Å². The van der Waals surface area contributed by atoms with Crippen LogP contribution in [0, 0.1) is 12.7 Å². The Kier molecular flexibility index (Phi) is 4.43. The van der Waals surface area contributed by atoms with Crippen molar-refractivity contribution >= 4 is 28.9 Å². The molecule has 0 fully saturated rings. The van der Waals surface area contributed by atoms with E-state index in [4.69, 9.17) is 21.7 Å². The van der Waals surface area contributed by atoms with E-state index in [0.29, 0.717) is 34.3 Å². The van der Waals surface area contributed by atoms with Gasteiger partial charge < -0.3 is 5.32 Å². The number of hydrogen-bond acceptors (Lipinski definition) is 4. The molecule has 146 valence electrons. The van der Waals surface area contributed by atoms with Gasteiger partial charge in [0, 0.05) is 22.7 Å². The number of nitrogens with zero attached hydrogens (tertiary/aromatic N) is 4. The van der Waals surface area contributed by atoms with E-state index in [-0.39, 0.29) is 5.82 Å². The topological polar surface area (TPSA) is 55.1 Å². The number of aryl methyl sites for hydroxylation is 2. The van der Waals surface area contributed by atoms with Crippen molar-refractivity contribution in [3.63, 3.8) is 0 Å². The zero-order valence-corrected chi connectivity index (χ0v) is 16.7. The summed E-state index contributed by atoms with van der Waals surface area (Å²) >= 11 is 5.97. The summed E-state index contributed by atoms with van der Waals surface area (Å²) in [4.78, 5) is 9.36. The SMILES string of the molecule is Cc1ccc(Nc2c3c(nc4nc(Cc5ccc(Cl)cc5)nn24)CCC3)cc1F. The first-order valence-electron chi connectivity index (χ1n) is 9.62. The number of benzene rings is 2. The first-order chi connectivity index (χ1) is 14.1.